The van der Waals surface area contributed by atoms with Gasteiger partial charge in [-0.15, -0.1) is 11.8 Å². The molecule has 0 spiro atoms. The molecule has 4 nitrogen and oxygen atoms in total. The first-order chi connectivity index (χ1) is 17.1. The predicted molar refractivity (Wildman–Crippen MR) is 149 cm³/mol. The summed E-state index contributed by atoms with van der Waals surface area (Å²) >= 11 is 1.75. The lowest BCUT2D eigenvalue weighted by Gasteiger charge is -2.18. The van der Waals surface area contributed by atoms with Gasteiger partial charge in [-0.2, -0.15) is 0 Å². The number of hydrogen-bond acceptors (Lipinski definition) is 2. The zero-order valence-corrected chi connectivity index (χ0v) is 21.3. The molecule has 1 amide bonds. The van der Waals surface area contributed by atoms with Crippen LogP contribution in [0.25, 0.3) is 21.8 Å². The number of carbonyl (C=O) groups is 1. The highest BCUT2D eigenvalue weighted by Crippen LogP contribution is 2.39. The number of aromatic amines is 2. The van der Waals surface area contributed by atoms with E-state index in [-0.39, 0.29) is 11.8 Å². The van der Waals surface area contributed by atoms with Crippen LogP contribution >= 0.6 is 11.8 Å². The van der Waals surface area contributed by atoms with Gasteiger partial charge in [-0.3, -0.25) is 4.79 Å². The first-order valence-electron chi connectivity index (χ1n) is 12.2. The van der Waals surface area contributed by atoms with Crippen molar-refractivity contribution >= 4 is 45.2 Å². The number of anilines is 1. The fourth-order valence-corrected chi connectivity index (χ4v) is 5.93. The molecule has 35 heavy (non-hydrogen) atoms. The largest absolute Gasteiger partial charge is 0.361 e. The molecule has 0 aliphatic rings. The van der Waals surface area contributed by atoms with E-state index in [9.17, 15) is 4.79 Å². The van der Waals surface area contributed by atoms with Crippen LogP contribution in [0, 0.1) is 13.8 Å². The molecule has 2 heterocycles. The van der Waals surface area contributed by atoms with Crippen molar-refractivity contribution in [3.63, 3.8) is 0 Å². The molecule has 0 aliphatic carbocycles. The summed E-state index contributed by atoms with van der Waals surface area (Å²) in [5.74, 6) is 1.10. The standard InChI is InChI=1S/C30H31N3OS/c1-4-35-27-14-6-5-11-24(27)33-28(34)16-15-21(22-17-31-25-12-7-9-19(2)29(22)25)23-18-32-26-13-8-10-20(3)30(23)26/h5-14,17-18,21,31-32H,4,15-16H2,1-3H3,(H,33,34). The Morgan fingerprint density at radius 1 is 0.857 bits per heavy atom. The van der Waals surface area contributed by atoms with E-state index in [1.54, 1.807) is 11.8 Å². The zero-order chi connectivity index (χ0) is 24.4. The highest BCUT2D eigenvalue weighted by Gasteiger charge is 2.24. The second-order valence-corrected chi connectivity index (χ2v) is 10.4. The summed E-state index contributed by atoms with van der Waals surface area (Å²) in [5, 5.41) is 5.67. The summed E-state index contributed by atoms with van der Waals surface area (Å²) in [4.78, 5) is 21.2. The molecule has 0 radical (unpaired) electrons. The molecule has 0 aliphatic heterocycles. The molecule has 5 rings (SSSR count). The number of aromatic nitrogens is 2. The van der Waals surface area contributed by atoms with Gasteiger partial charge >= 0.3 is 0 Å². The van der Waals surface area contributed by atoms with Gasteiger partial charge in [0.05, 0.1) is 5.69 Å². The maximum atomic E-state index is 13.1. The third kappa shape index (κ3) is 4.61. The Labute approximate surface area is 210 Å². The van der Waals surface area contributed by atoms with Crippen molar-refractivity contribution in [2.75, 3.05) is 11.1 Å². The molecular formula is C30H31N3OS. The molecule has 0 fully saturated rings. The molecule has 0 atom stereocenters. The lowest BCUT2D eigenvalue weighted by Crippen LogP contribution is -2.14. The van der Waals surface area contributed by atoms with Gasteiger partial charge < -0.3 is 15.3 Å². The highest BCUT2D eigenvalue weighted by molar-refractivity contribution is 7.99. The number of H-pyrrole nitrogens is 2. The van der Waals surface area contributed by atoms with E-state index in [1.165, 1.54) is 33.0 Å². The summed E-state index contributed by atoms with van der Waals surface area (Å²) in [7, 11) is 0. The average molecular weight is 482 g/mol. The van der Waals surface area contributed by atoms with Gasteiger partial charge in [0.1, 0.15) is 0 Å². The number of carbonyl (C=O) groups excluding carboxylic acids is 1. The maximum Gasteiger partial charge on any atom is 0.224 e. The van der Waals surface area contributed by atoms with Crippen molar-refractivity contribution in [2.24, 2.45) is 0 Å². The highest BCUT2D eigenvalue weighted by atomic mass is 32.2. The lowest BCUT2D eigenvalue weighted by atomic mass is 9.85. The Hall–Kier alpha value is -3.44. The van der Waals surface area contributed by atoms with E-state index in [0.717, 1.165) is 33.8 Å². The molecule has 178 valence electrons. The number of hydrogen-bond donors (Lipinski definition) is 3. The number of fused-ring (bicyclic) bond motifs is 2. The minimum Gasteiger partial charge on any atom is -0.361 e. The van der Waals surface area contributed by atoms with Crippen LogP contribution < -0.4 is 5.32 Å². The SMILES string of the molecule is CCSc1ccccc1NC(=O)CCC(c1c[nH]c2cccc(C)c12)c1c[nH]c2cccc(C)c12. The summed E-state index contributed by atoms with van der Waals surface area (Å²) in [6.45, 7) is 6.44. The van der Waals surface area contributed by atoms with Crippen LogP contribution in [0.3, 0.4) is 0 Å². The lowest BCUT2D eigenvalue weighted by molar-refractivity contribution is -0.116. The molecule has 3 aromatic carbocycles. The molecule has 2 aromatic heterocycles. The second-order valence-electron chi connectivity index (χ2n) is 9.05. The van der Waals surface area contributed by atoms with Crippen molar-refractivity contribution in [1.29, 1.82) is 0 Å². The van der Waals surface area contributed by atoms with Crippen molar-refractivity contribution in [3.8, 4) is 0 Å². The molecule has 0 bridgehead atoms. The third-order valence-electron chi connectivity index (χ3n) is 6.76. The van der Waals surface area contributed by atoms with Crippen LogP contribution in [0.5, 0.6) is 0 Å². The Morgan fingerprint density at radius 3 is 2.06 bits per heavy atom. The van der Waals surface area contributed by atoms with Gasteiger partial charge in [0.25, 0.3) is 0 Å². The van der Waals surface area contributed by atoms with Crippen molar-refractivity contribution in [1.82, 2.24) is 9.97 Å². The molecule has 0 saturated carbocycles. The number of aryl methyl sites for hydroxylation is 2. The number of benzene rings is 3. The average Bonchev–Trinajstić information content (AvgIpc) is 3.48. The van der Waals surface area contributed by atoms with E-state index in [2.05, 4.69) is 90.9 Å². The van der Waals surface area contributed by atoms with Crippen LogP contribution in [-0.4, -0.2) is 21.6 Å². The number of amides is 1. The Bertz CT molecular complexity index is 1420. The van der Waals surface area contributed by atoms with E-state index < -0.39 is 0 Å². The van der Waals surface area contributed by atoms with Gasteiger partial charge in [0.15, 0.2) is 0 Å². The number of nitrogens with one attached hydrogen (secondary N) is 3. The number of thioether (sulfide) groups is 1. The van der Waals surface area contributed by atoms with Crippen LogP contribution in [0.15, 0.2) is 78.0 Å². The van der Waals surface area contributed by atoms with Crippen LogP contribution in [0.4, 0.5) is 5.69 Å². The Kier molecular flexibility index (Phi) is 6.69. The number of rotatable bonds is 8. The molecule has 0 saturated heterocycles. The van der Waals surface area contributed by atoms with Gasteiger partial charge in [-0.1, -0.05) is 43.3 Å². The Morgan fingerprint density at radius 2 is 1.46 bits per heavy atom. The molecular weight excluding hydrogens is 450 g/mol. The summed E-state index contributed by atoms with van der Waals surface area (Å²) in [6, 6.07) is 20.8. The van der Waals surface area contributed by atoms with Crippen molar-refractivity contribution in [2.45, 2.75) is 44.4 Å². The second kappa shape index (κ2) is 10.0. The molecule has 5 heteroatoms. The van der Waals surface area contributed by atoms with Crippen LogP contribution in [0.1, 0.15) is 47.9 Å². The fourth-order valence-electron chi connectivity index (χ4n) is 5.17. The quantitative estimate of drug-likeness (QED) is 0.197. The Balaban J connectivity index is 1.49. The zero-order valence-electron chi connectivity index (χ0n) is 20.4. The normalized spacial score (nSPS) is 11.5. The summed E-state index contributed by atoms with van der Waals surface area (Å²) < 4.78 is 0. The molecule has 5 aromatic rings. The van der Waals surface area contributed by atoms with Crippen LogP contribution in [-0.2, 0) is 4.79 Å². The third-order valence-corrected chi connectivity index (χ3v) is 7.72. The van der Waals surface area contributed by atoms with E-state index in [4.69, 9.17) is 0 Å². The van der Waals surface area contributed by atoms with E-state index >= 15 is 0 Å². The minimum absolute atomic E-state index is 0.0484. The summed E-state index contributed by atoms with van der Waals surface area (Å²) in [6.07, 6.45) is 5.42. The van der Waals surface area contributed by atoms with Gasteiger partial charge in [0, 0.05) is 51.4 Å². The fraction of sp³-hybridized carbons (Fsp3) is 0.233. The molecule has 0 unspecified atom stereocenters. The first kappa shape index (κ1) is 23.3. The smallest absolute Gasteiger partial charge is 0.224 e. The van der Waals surface area contributed by atoms with E-state index in [0.29, 0.717) is 6.42 Å². The maximum absolute atomic E-state index is 13.1. The van der Waals surface area contributed by atoms with Crippen molar-refractivity contribution < 1.29 is 4.79 Å². The topological polar surface area (TPSA) is 60.7 Å². The van der Waals surface area contributed by atoms with Gasteiger partial charge in [-0.25, -0.2) is 0 Å². The first-order valence-corrected chi connectivity index (χ1v) is 13.2. The van der Waals surface area contributed by atoms with Crippen molar-refractivity contribution in [3.05, 3.63) is 95.3 Å². The summed E-state index contributed by atoms with van der Waals surface area (Å²) in [5.41, 5.74) is 8.15. The van der Waals surface area contributed by atoms with Crippen LogP contribution in [0.2, 0.25) is 0 Å². The molecule has 3 N–H and O–H groups in total. The minimum atomic E-state index is 0.0484. The van der Waals surface area contributed by atoms with Gasteiger partial charge in [0.2, 0.25) is 5.91 Å². The monoisotopic (exact) mass is 481 g/mol. The van der Waals surface area contributed by atoms with Gasteiger partial charge in [-0.05, 0) is 72.5 Å². The number of para-hydroxylation sites is 1. The van der Waals surface area contributed by atoms with E-state index in [1.807, 2.05) is 18.2 Å². The predicted octanol–water partition coefficient (Wildman–Crippen LogP) is 7.93.